The van der Waals surface area contributed by atoms with Crippen LogP contribution in [0, 0.1) is 0 Å². The van der Waals surface area contributed by atoms with E-state index in [1.807, 2.05) is 49.3 Å². The number of hydrogen-bond donors (Lipinski definition) is 2. The molecule has 2 aliphatic heterocycles. The maximum Gasteiger partial charge on any atom is 0.268 e. The predicted molar refractivity (Wildman–Crippen MR) is 109 cm³/mol. The molecule has 0 bridgehead atoms. The van der Waals surface area contributed by atoms with Crippen LogP contribution in [-0.2, 0) is 21.0 Å². The van der Waals surface area contributed by atoms with Crippen molar-refractivity contribution in [3.8, 4) is 0 Å². The fraction of sp³-hybridized carbons (Fsp3) is 0.619. The molecular formula is C21H32N4O4. The van der Waals surface area contributed by atoms with Crippen molar-refractivity contribution < 1.29 is 19.5 Å². The first kappa shape index (κ1) is 21.7. The third-order valence-corrected chi connectivity index (χ3v) is 6.32. The van der Waals surface area contributed by atoms with Gasteiger partial charge in [-0.25, -0.2) is 5.06 Å². The van der Waals surface area contributed by atoms with E-state index in [-0.39, 0.29) is 17.9 Å². The van der Waals surface area contributed by atoms with Gasteiger partial charge in [0.2, 0.25) is 5.91 Å². The Labute approximate surface area is 172 Å². The van der Waals surface area contributed by atoms with E-state index in [0.29, 0.717) is 19.7 Å². The molecule has 2 heterocycles. The number of likely N-dealkylation sites (tertiary alicyclic amines) is 1. The highest BCUT2D eigenvalue weighted by atomic mass is 16.7. The summed E-state index contributed by atoms with van der Waals surface area (Å²) in [5.41, 5.74) is 0.508. The Morgan fingerprint density at radius 3 is 2.69 bits per heavy atom. The standard InChI is InChI=1S/C21H32N4O4/c1-15(26)18(19(27)22-2)23(3)12-17-10-11-21(24(17)4)14-25(20(21)28)29-13-16-8-6-5-7-9-16/h5-9,15,17-18,26H,10-14H2,1-4H3,(H,22,27)/t15-,17?,18+,21?/m1/s1. The Morgan fingerprint density at radius 2 is 2.10 bits per heavy atom. The molecule has 3 rings (SSSR count). The zero-order valence-electron chi connectivity index (χ0n) is 17.7. The number of β-lactam (4-membered cyclic amide) rings is 1. The molecule has 2 amide bonds. The van der Waals surface area contributed by atoms with Crippen molar-refractivity contribution in [3.63, 3.8) is 0 Å². The van der Waals surface area contributed by atoms with Gasteiger partial charge in [0.25, 0.3) is 5.91 Å². The summed E-state index contributed by atoms with van der Waals surface area (Å²) in [6.45, 7) is 3.14. The van der Waals surface area contributed by atoms with E-state index in [1.165, 1.54) is 5.06 Å². The zero-order valence-corrected chi connectivity index (χ0v) is 17.7. The van der Waals surface area contributed by atoms with E-state index in [9.17, 15) is 14.7 Å². The van der Waals surface area contributed by atoms with Gasteiger partial charge < -0.3 is 10.4 Å². The highest BCUT2D eigenvalue weighted by Gasteiger charge is 2.60. The molecule has 2 saturated heterocycles. The van der Waals surface area contributed by atoms with Crippen molar-refractivity contribution >= 4 is 11.8 Å². The number of aliphatic hydroxyl groups is 1. The molecule has 0 saturated carbocycles. The fourth-order valence-corrected chi connectivity index (χ4v) is 4.52. The van der Waals surface area contributed by atoms with E-state index in [1.54, 1.807) is 14.0 Å². The van der Waals surface area contributed by atoms with Gasteiger partial charge in [-0.2, -0.15) is 0 Å². The van der Waals surface area contributed by atoms with Crippen LogP contribution in [0.1, 0.15) is 25.3 Å². The van der Waals surface area contributed by atoms with E-state index >= 15 is 0 Å². The summed E-state index contributed by atoms with van der Waals surface area (Å²) in [5.74, 6) is -0.211. The Hall–Kier alpha value is -2.00. The number of carbonyl (C=O) groups excluding carboxylic acids is 2. The van der Waals surface area contributed by atoms with Crippen LogP contribution in [0.2, 0.25) is 0 Å². The van der Waals surface area contributed by atoms with Gasteiger partial charge >= 0.3 is 0 Å². The number of hydroxylamine groups is 2. The Morgan fingerprint density at radius 1 is 1.41 bits per heavy atom. The zero-order chi connectivity index (χ0) is 21.2. The first-order valence-corrected chi connectivity index (χ1v) is 10.1. The minimum Gasteiger partial charge on any atom is -0.391 e. The highest BCUT2D eigenvalue weighted by Crippen LogP contribution is 2.41. The van der Waals surface area contributed by atoms with Crippen molar-refractivity contribution in [2.75, 3.05) is 34.2 Å². The third kappa shape index (κ3) is 4.16. The van der Waals surface area contributed by atoms with Crippen LogP contribution >= 0.6 is 0 Å². The molecule has 2 unspecified atom stereocenters. The van der Waals surface area contributed by atoms with Crippen molar-refractivity contribution in [3.05, 3.63) is 35.9 Å². The molecule has 1 aromatic carbocycles. The molecule has 2 aliphatic rings. The molecule has 160 valence electrons. The maximum atomic E-state index is 12.9. The SMILES string of the molecule is CNC(=O)[C@H]([C@@H](C)O)N(C)CC1CCC2(CN(OCc3ccccc3)C2=O)N1C. The quantitative estimate of drug-likeness (QED) is 0.603. The normalized spacial score (nSPS) is 26.6. The van der Waals surface area contributed by atoms with E-state index in [4.69, 9.17) is 4.84 Å². The second-order valence-electron chi connectivity index (χ2n) is 8.18. The summed E-state index contributed by atoms with van der Waals surface area (Å²) in [7, 11) is 5.37. The number of nitrogens with one attached hydrogen (secondary N) is 1. The summed E-state index contributed by atoms with van der Waals surface area (Å²) >= 11 is 0. The third-order valence-electron chi connectivity index (χ3n) is 6.32. The number of carbonyl (C=O) groups is 2. The molecule has 2 fully saturated rings. The summed E-state index contributed by atoms with van der Waals surface area (Å²) in [4.78, 5) is 34.7. The lowest BCUT2D eigenvalue weighted by molar-refractivity contribution is -0.242. The largest absolute Gasteiger partial charge is 0.391 e. The van der Waals surface area contributed by atoms with Gasteiger partial charge in [0.05, 0.1) is 12.6 Å². The predicted octanol–water partition coefficient (Wildman–Crippen LogP) is 0.221. The van der Waals surface area contributed by atoms with Crippen molar-refractivity contribution in [1.29, 1.82) is 0 Å². The highest BCUT2D eigenvalue weighted by molar-refractivity contribution is 5.92. The van der Waals surface area contributed by atoms with Crippen LogP contribution in [-0.4, -0.2) is 89.7 Å². The molecule has 1 spiro atoms. The van der Waals surface area contributed by atoms with Crippen LogP contribution in [0.5, 0.6) is 0 Å². The topological polar surface area (TPSA) is 85.4 Å². The lowest BCUT2D eigenvalue weighted by Gasteiger charge is -2.50. The number of hydrogen-bond acceptors (Lipinski definition) is 6. The van der Waals surface area contributed by atoms with Gasteiger partial charge in [-0.3, -0.25) is 24.2 Å². The monoisotopic (exact) mass is 404 g/mol. The summed E-state index contributed by atoms with van der Waals surface area (Å²) in [6, 6.07) is 9.30. The number of aliphatic hydroxyl groups excluding tert-OH is 1. The smallest absolute Gasteiger partial charge is 0.268 e. The average Bonchev–Trinajstić information content (AvgIpc) is 3.03. The van der Waals surface area contributed by atoms with Gasteiger partial charge in [-0.15, -0.1) is 0 Å². The number of nitrogens with zero attached hydrogens (tertiary/aromatic N) is 3. The van der Waals surface area contributed by atoms with E-state index in [2.05, 4.69) is 10.2 Å². The second kappa shape index (κ2) is 8.79. The van der Waals surface area contributed by atoms with E-state index < -0.39 is 17.7 Å². The second-order valence-corrected chi connectivity index (χ2v) is 8.18. The fourth-order valence-electron chi connectivity index (χ4n) is 4.52. The first-order chi connectivity index (χ1) is 13.8. The van der Waals surface area contributed by atoms with Crippen molar-refractivity contribution in [1.82, 2.24) is 20.2 Å². The van der Waals surface area contributed by atoms with E-state index in [0.717, 1.165) is 18.4 Å². The van der Waals surface area contributed by atoms with Crippen molar-refractivity contribution in [2.45, 2.75) is 50.1 Å². The van der Waals surface area contributed by atoms with Crippen LogP contribution < -0.4 is 5.32 Å². The molecule has 29 heavy (non-hydrogen) atoms. The summed E-state index contributed by atoms with van der Waals surface area (Å²) in [6.07, 6.45) is 0.845. The molecule has 4 atom stereocenters. The molecule has 8 heteroatoms. The number of rotatable bonds is 8. The van der Waals surface area contributed by atoms with Crippen LogP contribution in [0.15, 0.2) is 30.3 Å². The average molecular weight is 405 g/mol. The van der Waals surface area contributed by atoms with Crippen LogP contribution in [0.4, 0.5) is 0 Å². The lowest BCUT2D eigenvalue weighted by atomic mass is 9.88. The Bertz CT molecular complexity index is 729. The number of benzene rings is 1. The molecule has 0 aromatic heterocycles. The minimum atomic E-state index is -0.784. The van der Waals surface area contributed by atoms with Gasteiger partial charge in [0.1, 0.15) is 18.2 Å². The molecular weight excluding hydrogens is 372 g/mol. The first-order valence-electron chi connectivity index (χ1n) is 10.1. The molecule has 2 N–H and O–H groups in total. The summed E-state index contributed by atoms with van der Waals surface area (Å²) in [5, 5.41) is 14.1. The lowest BCUT2D eigenvalue weighted by Crippen LogP contribution is -2.72. The summed E-state index contributed by atoms with van der Waals surface area (Å²) < 4.78 is 0. The number of likely N-dealkylation sites (N-methyl/N-ethyl adjacent to an activating group) is 3. The van der Waals surface area contributed by atoms with Crippen molar-refractivity contribution in [2.24, 2.45) is 0 Å². The molecule has 0 aliphatic carbocycles. The maximum absolute atomic E-state index is 12.9. The molecule has 8 nitrogen and oxygen atoms in total. The minimum absolute atomic E-state index is 0.000498. The van der Waals surface area contributed by atoms with Gasteiger partial charge in [0, 0.05) is 19.6 Å². The molecule has 1 aromatic rings. The molecule has 0 radical (unpaired) electrons. The Kier molecular flexibility index (Phi) is 6.58. The Balaban J connectivity index is 1.56. The van der Waals surface area contributed by atoms with Crippen LogP contribution in [0.25, 0.3) is 0 Å². The van der Waals surface area contributed by atoms with Gasteiger partial charge in [0.15, 0.2) is 0 Å². The van der Waals surface area contributed by atoms with Gasteiger partial charge in [-0.1, -0.05) is 30.3 Å². The van der Waals surface area contributed by atoms with Crippen LogP contribution in [0.3, 0.4) is 0 Å². The number of amides is 2. The van der Waals surface area contributed by atoms with Gasteiger partial charge in [-0.05, 0) is 39.4 Å².